The summed E-state index contributed by atoms with van der Waals surface area (Å²) in [4.78, 5) is 8.12. The Hall–Kier alpha value is -2.45. The molecule has 0 amide bonds. The molecule has 2 aromatic rings. The Morgan fingerprint density at radius 1 is 1.43 bits per heavy atom. The molecule has 0 spiro atoms. The molecule has 0 unspecified atom stereocenters. The van der Waals surface area contributed by atoms with Crippen LogP contribution in [0.15, 0.2) is 18.3 Å². The van der Waals surface area contributed by atoms with Crippen molar-refractivity contribution < 1.29 is 18.8 Å². The zero-order chi connectivity index (χ0) is 19.7. The number of ether oxygens (including phenoxy) is 1. The van der Waals surface area contributed by atoms with Crippen molar-refractivity contribution in [2.24, 2.45) is 5.92 Å². The second-order valence-corrected chi connectivity index (χ2v) is 6.97. The second-order valence-electron chi connectivity index (χ2n) is 6.56. The molecule has 0 bridgehead atoms. The van der Waals surface area contributed by atoms with Crippen LogP contribution in [0.25, 0.3) is 0 Å². The van der Waals surface area contributed by atoms with Crippen LogP contribution < -0.4 is 16.1 Å². The predicted octanol–water partition coefficient (Wildman–Crippen LogP) is 1.57. The first kappa shape index (κ1) is 18.9. The van der Waals surface area contributed by atoms with E-state index in [0.717, 1.165) is 11.8 Å². The Kier molecular flexibility index (Phi) is 5.32. The lowest BCUT2D eigenvalue weighted by Gasteiger charge is -2.28. The standard InChI is InChI=1S/C17H16BClFN5O3/c19-12-4-11(3-10-7-28-18(26)15(10)12)23-17-22-6-13(20)16(25-17)24-14-8-27-2-1-9(14)5-21/h3-4,6,9,14,26H,1-2,7-8H2,(H2,22,23,24,25)/t9-,14+/m0/s1. The van der Waals surface area contributed by atoms with Crippen molar-refractivity contribution >= 4 is 41.6 Å². The first-order valence-electron chi connectivity index (χ1n) is 8.70. The van der Waals surface area contributed by atoms with Gasteiger partial charge in [0.05, 0.1) is 37.4 Å². The number of aromatic nitrogens is 2. The zero-order valence-electron chi connectivity index (χ0n) is 14.7. The molecule has 144 valence electrons. The molecule has 2 atom stereocenters. The number of benzene rings is 1. The van der Waals surface area contributed by atoms with Gasteiger partial charge in [-0.05, 0) is 24.1 Å². The van der Waals surface area contributed by atoms with Gasteiger partial charge < -0.3 is 25.0 Å². The minimum Gasteiger partial charge on any atom is -0.423 e. The molecular formula is C17H16BClFN5O3. The Labute approximate surface area is 165 Å². The van der Waals surface area contributed by atoms with Crippen LogP contribution in [0.5, 0.6) is 0 Å². The van der Waals surface area contributed by atoms with Gasteiger partial charge in [-0.1, -0.05) is 11.6 Å². The lowest BCUT2D eigenvalue weighted by molar-refractivity contribution is 0.0697. The lowest BCUT2D eigenvalue weighted by Crippen LogP contribution is -2.38. The van der Waals surface area contributed by atoms with E-state index < -0.39 is 12.9 Å². The quantitative estimate of drug-likeness (QED) is 0.660. The summed E-state index contributed by atoms with van der Waals surface area (Å²) in [5.41, 5.74) is 1.86. The Morgan fingerprint density at radius 3 is 3.11 bits per heavy atom. The van der Waals surface area contributed by atoms with Gasteiger partial charge in [0.2, 0.25) is 5.95 Å². The van der Waals surface area contributed by atoms with Crippen LogP contribution >= 0.6 is 11.6 Å². The summed E-state index contributed by atoms with van der Waals surface area (Å²) in [7, 11) is -1.04. The third kappa shape index (κ3) is 3.75. The van der Waals surface area contributed by atoms with E-state index in [1.165, 1.54) is 0 Å². The van der Waals surface area contributed by atoms with E-state index in [2.05, 4.69) is 26.7 Å². The third-order valence-electron chi connectivity index (χ3n) is 4.70. The summed E-state index contributed by atoms with van der Waals surface area (Å²) < 4.78 is 24.7. The number of hydrogen-bond acceptors (Lipinski definition) is 8. The lowest BCUT2D eigenvalue weighted by atomic mass is 9.79. The highest BCUT2D eigenvalue weighted by atomic mass is 35.5. The van der Waals surface area contributed by atoms with Gasteiger partial charge in [0, 0.05) is 22.8 Å². The van der Waals surface area contributed by atoms with Gasteiger partial charge in [0.25, 0.3) is 0 Å². The molecule has 4 rings (SSSR count). The van der Waals surface area contributed by atoms with E-state index in [9.17, 15) is 14.7 Å². The maximum atomic E-state index is 14.2. The molecule has 0 radical (unpaired) electrons. The molecule has 0 saturated carbocycles. The van der Waals surface area contributed by atoms with Gasteiger partial charge in [-0.15, -0.1) is 0 Å². The van der Waals surface area contributed by atoms with Crippen molar-refractivity contribution in [3.8, 4) is 6.07 Å². The van der Waals surface area contributed by atoms with Gasteiger partial charge in [0.15, 0.2) is 11.6 Å². The maximum Gasteiger partial charge on any atom is 0.493 e. The average Bonchev–Trinajstić information content (AvgIpc) is 3.06. The SMILES string of the molecule is N#C[C@@H]1CCOC[C@H]1Nc1nc(Nc2cc(Cl)c3c(c2)COB3O)ncc1F. The van der Waals surface area contributed by atoms with E-state index in [1.807, 2.05) is 0 Å². The fourth-order valence-corrected chi connectivity index (χ4v) is 3.60. The molecule has 0 aliphatic carbocycles. The van der Waals surface area contributed by atoms with E-state index in [-0.39, 0.29) is 30.3 Å². The molecule has 1 aromatic carbocycles. The van der Waals surface area contributed by atoms with E-state index in [4.69, 9.17) is 21.0 Å². The molecule has 1 fully saturated rings. The van der Waals surface area contributed by atoms with Crippen molar-refractivity contribution in [3.05, 3.63) is 34.7 Å². The molecule has 8 nitrogen and oxygen atoms in total. The van der Waals surface area contributed by atoms with Gasteiger partial charge in [-0.2, -0.15) is 10.2 Å². The molecule has 1 saturated heterocycles. The molecule has 11 heteroatoms. The largest absolute Gasteiger partial charge is 0.493 e. The van der Waals surface area contributed by atoms with Crippen LogP contribution in [0, 0.1) is 23.1 Å². The number of anilines is 3. The van der Waals surface area contributed by atoms with Crippen LogP contribution in [0.1, 0.15) is 12.0 Å². The van der Waals surface area contributed by atoms with Crippen molar-refractivity contribution in [3.63, 3.8) is 0 Å². The van der Waals surface area contributed by atoms with Crippen molar-refractivity contribution in [1.29, 1.82) is 5.26 Å². The first-order chi connectivity index (χ1) is 13.5. The Bertz CT molecular complexity index is 944. The number of fused-ring (bicyclic) bond motifs is 1. The molecule has 3 N–H and O–H groups in total. The predicted molar refractivity (Wildman–Crippen MR) is 101 cm³/mol. The molecule has 2 aliphatic heterocycles. The highest BCUT2D eigenvalue weighted by molar-refractivity contribution is 6.65. The van der Waals surface area contributed by atoms with Crippen LogP contribution in [-0.4, -0.2) is 41.4 Å². The highest BCUT2D eigenvalue weighted by Crippen LogP contribution is 2.25. The zero-order valence-corrected chi connectivity index (χ0v) is 15.4. The van der Waals surface area contributed by atoms with Gasteiger partial charge >= 0.3 is 7.12 Å². The Morgan fingerprint density at radius 2 is 2.29 bits per heavy atom. The second kappa shape index (κ2) is 7.89. The van der Waals surface area contributed by atoms with Crippen LogP contribution in [0.3, 0.4) is 0 Å². The highest BCUT2D eigenvalue weighted by Gasteiger charge is 2.30. The summed E-state index contributed by atoms with van der Waals surface area (Å²) in [5.74, 6) is -0.776. The van der Waals surface area contributed by atoms with Gasteiger partial charge in [0.1, 0.15) is 0 Å². The van der Waals surface area contributed by atoms with Crippen molar-refractivity contribution in [2.75, 3.05) is 23.8 Å². The number of nitriles is 1. The molecular weight excluding hydrogens is 387 g/mol. The summed E-state index contributed by atoms with van der Waals surface area (Å²) in [6.45, 7) is 1.04. The smallest absolute Gasteiger partial charge is 0.423 e. The average molecular weight is 404 g/mol. The van der Waals surface area contributed by atoms with Crippen molar-refractivity contribution in [1.82, 2.24) is 9.97 Å². The summed E-state index contributed by atoms with van der Waals surface area (Å²) in [5, 5.41) is 25.3. The number of nitrogens with one attached hydrogen (secondary N) is 2. The minimum atomic E-state index is -1.04. The third-order valence-corrected chi connectivity index (χ3v) is 5.02. The summed E-state index contributed by atoms with van der Waals surface area (Å²) in [6.07, 6.45) is 1.62. The molecule has 2 aliphatic rings. The molecule has 1 aromatic heterocycles. The Balaban J connectivity index is 1.55. The monoisotopic (exact) mass is 403 g/mol. The van der Waals surface area contributed by atoms with Crippen LogP contribution in [0.2, 0.25) is 5.02 Å². The van der Waals surface area contributed by atoms with Crippen LogP contribution in [-0.2, 0) is 16.0 Å². The first-order valence-corrected chi connectivity index (χ1v) is 9.08. The number of halogens is 2. The van der Waals surface area contributed by atoms with Crippen molar-refractivity contribution in [2.45, 2.75) is 19.1 Å². The van der Waals surface area contributed by atoms with Crippen LogP contribution in [0.4, 0.5) is 21.8 Å². The fraction of sp³-hybridized carbons (Fsp3) is 0.353. The number of hydrogen-bond donors (Lipinski definition) is 3. The van der Waals surface area contributed by atoms with E-state index >= 15 is 0 Å². The van der Waals surface area contributed by atoms with E-state index in [1.54, 1.807) is 12.1 Å². The summed E-state index contributed by atoms with van der Waals surface area (Å²) >= 11 is 6.22. The normalized spacial score (nSPS) is 21.1. The topological polar surface area (TPSA) is 112 Å². The van der Waals surface area contributed by atoms with Gasteiger partial charge in [-0.25, -0.2) is 9.37 Å². The number of rotatable bonds is 4. The molecule has 3 heterocycles. The minimum absolute atomic E-state index is 0.0146. The number of nitrogens with zero attached hydrogens (tertiary/aromatic N) is 3. The molecule has 28 heavy (non-hydrogen) atoms. The van der Waals surface area contributed by atoms with Gasteiger partial charge in [-0.3, -0.25) is 0 Å². The fourth-order valence-electron chi connectivity index (χ4n) is 3.26. The summed E-state index contributed by atoms with van der Waals surface area (Å²) in [6, 6.07) is 5.23. The maximum absolute atomic E-state index is 14.2. The van der Waals surface area contributed by atoms with E-state index in [0.29, 0.717) is 35.8 Å².